The van der Waals surface area contributed by atoms with Crippen LogP contribution >= 0.6 is 0 Å². The number of carbonyl (C=O) groups is 3. The van der Waals surface area contributed by atoms with Crippen molar-refractivity contribution >= 4 is 18.0 Å². The van der Waals surface area contributed by atoms with Gasteiger partial charge in [-0.25, -0.2) is 9.59 Å². The quantitative estimate of drug-likeness (QED) is 0.667. The third kappa shape index (κ3) is 4.51. The summed E-state index contributed by atoms with van der Waals surface area (Å²) >= 11 is 0. The van der Waals surface area contributed by atoms with Gasteiger partial charge < -0.3 is 20.1 Å². The number of fused-ring (bicyclic) bond motifs is 3. The largest absolute Gasteiger partial charge is 0.480 e. The molecule has 35 heavy (non-hydrogen) atoms. The topological polar surface area (TPSA) is 95.9 Å². The van der Waals surface area contributed by atoms with Crippen molar-refractivity contribution < 1.29 is 24.2 Å². The Morgan fingerprint density at radius 1 is 0.971 bits per heavy atom. The number of nitrogens with one attached hydrogen (secondary N) is 1. The number of piperidine rings is 1. The SMILES string of the molecule is CC1CCC(C(=O)O)N(C(=O)[C@@H]2CCC[C@@H]2NC(=O)OCC2c3ccccc3-c3ccccc32)C1. The molecule has 2 aromatic carbocycles. The molecule has 0 aromatic heterocycles. The van der Waals surface area contributed by atoms with Gasteiger partial charge in [-0.05, 0) is 53.9 Å². The van der Waals surface area contributed by atoms with Crippen LogP contribution in [0, 0.1) is 11.8 Å². The fourth-order valence-corrected chi connectivity index (χ4v) is 6.09. The number of rotatable bonds is 5. The van der Waals surface area contributed by atoms with E-state index in [-0.39, 0.29) is 30.4 Å². The first-order valence-electron chi connectivity index (χ1n) is 12.6. The molecule has 2 aromatic rings. The number of hydrogen-bond acceptors (Lipinski definition) is 4. The Bertz CT molecular complexity index is 1090. The number of alkyl carbamates (subject to hydrolysis) is 1. The molecule has 1 heterocycles. The van der Waals surface area contributed by atoms with Crippen molar-refractivity contribution in [2.24, 2.45) is 11.8 Å². The molecule has 184 valence electrons. The maximum atomic E-state index is 13.4. The van der Waals surface area contributed by atoms with Crippen molar-refractivity contribution in [2.75, 3.05) is 13.2 Å². The van der Waals surface area contributed by atoms with Gasteiger partial charge in [-0.2, -0.15) is 0 Å². The summed E-state index contributed by atoms with van der Waals surface area (Å²) in [4.78, 5) is 39.4. The van der Waals surface area contributed by atoms with E-state index >= 15 is 0 Å². The second-order valence-corrected chi connectivity index (χ2v) is 10.1. The van der Waals surface area contributed by atoms with Crippen LogP contribution in [0.2, 0.25) is 0 Å². The Hall–Kier alpha value is -3.35. The molecule has 1 aliphatic heterocycles. The normalized spacial score (nSPS) is 25.6. The van der Waals surface area contributed by atoms with Crippen LogP contribution in [0.25, 0.3) is 11.1 Å². The molecule has 4 atom stereocenters. The summed E-state index contributed by atoms with van der Waals surface area (Å²) in [7, 11) is 0. The summed E-state index contributed by atoms with van der Waals surface area (Å²) in [6, 6.07) is 15.2. The lowest BCUT2D eigenvalue weighted by Crippen LogP contribution is -2.54. The Morgan fingerprint density at radius 3 is 2.29 bits per heavy atom. The molecular formula is C28H32N2O5. The number of aliphatic carboxylic acids is 1. The highest BCUT2D eigenvalue weighted by Crippen LogP contribution is 2.44. The van der Waals surface area contributed by atoms with Crippen molar-refractivity contribution in [2.45, 2.75) is 57.0 Å². The highest BCUT2D eigenvalue weighted by Gasteiger charge is 2.42. The molecular weight excluding hydrogens is 444 g/mol. The number of carboxylic acid groups (broad SMARTS) is 1. The van der Waals surface area contributed by atoms with Gasteiger partial charge in [0.1, 0.15) is 12.6 Å². The molecule has 0 bridgehead atoms. The predicted octanol–water partition coefficient (Wildman–Crippen LogP) is 4.41. The molecule has 7 heteroatoms. The smallest absolute Gasteiger partial charge is 0.407 e. The van der Waals surface area contributed by atoms with Crippen molar-refractivity contribution in [3.8, 4) is 11.1 Å². The lowest BCUT2D eigenvalue weighted by molar-refractivity contribution is -0.155. The Labute approximate surface area is 205 Å². The average molecular weight is 477 g/mol. The van der Waals surface area contributed by atoms with Gasteiger partial charge >= 0.3 is 12.1 Å². The summed E-state index contributed by atoms with van der Waals surface area (Å²) in [5, 5.41) is 12.5. The maximum Gasteiger partial charge on any atom is 0.407 e. The minimum absolute atomic E-state index is 0.0275. The van der Waals surface area contributed by atoms with Gasteiger partial charge in [-0.1, -0.05) is 61.9 Å². The van der Waals surface area contributed by atoms with E-state index in [2.05, 4.69) is 29.6 Å². The molecule has 0 spiro atoms. The summed E-state index contributed by atoms with van der Waals surface area (Å²) in [5.41, 5.74) is 4.63. The fraction of sp³-hybridized carbons (Fsp3) is 0.464. The van der Waals surface area contributed by atoms with E-state index < -0.39 is 24.0 Å². The number of ether oxygens (including phenoxy) is 1. The third-order valence-electron chi connectivity index (χ3n) is 7.87. The molecule has 1 saturated carbocycles. The zero-order valence-corrected chi connectivity index (χ0v) is 20.0. The first kappa shape index (κ1) is 23.4. The van der Waals surface area contributed by atoms with Crippen molar-refractivity contribution in [3.63, 3.8) is 0 Å². The predicted molar refractivity (Wildman–Crippen MR) is 131 cm³/mol. The average Bonchev–Trinajstić information content (AvgIpc) is 3.44. The Balaban J connectivity index is 1.23. The van der Waals surface area contributed by atoms with Gasteiger partial charge in [0.15, 0.2) is 0 Å². The van der Waals surface area contributed by atoms with Gasteiger partial charge in [0, 0.05) is 18.5 Å². The highest BCUT2D eigenvalue weighted by atomic mass is 16.5. The number of benzene rings is 2. The standard InChI is InChI=1S/C28H32N2O5/c1-17-13-14-25(27(32)33)30(15-17)26(31)22-11-6-12-24(22)29-28(34)35-16-23-20-9-4-2-7-18(20)19-8-3-5-10-21(19)23/h2-5,7-10,17,22-25H,6,11-16H2,1H3,(H,29,34)(H,32,33)/t17?,22-,24+,25?/m1/s1. The zero-order valence-electron chi connectivity index (χ0n) is 20.0. The van der Waals surface area contributed by atoms with Crippen LogP contribution in [-0.2, 0) is 14.3 Å². The molecule has 2 aliphatic carbocycles. The van der Waals surface area contributed by atoms with Gasteiger partial charge in [0.2, 0.25) is 5.91 Å². The summed E-state index contributed by atoms with van der Waals surface area (Å²) in [5.74, 6) is -1.29. The number of nitrogens with zero attached hydrogens (tertiary/aromatic N) is 1. The van der Waals surface area contributed by atoms with Gasteiger partial charge in [-0.15, -0.1) is 0 Å². The highest BCUT2D eigenvalue weighted by molar-refractivity contribution is 5.86. The molecule has 0 radical (unpaired) electrons. The lowest BCUT2D eigenvalue weighted by Gasteiger charge is -2.38. The Kier molecular flexibility index (Phi) is 6.50. The molecule has 2 fully saturated rings. The van der Waals surface area contributed by atoms with Crippen molar-refractivity contribution in [3.05, 3.63) is 59.7 Å². The first-order valence-corrected chi connectivity index (χ1v) is 12.6. The lowest BCUT2D eigenvalue weighted by atomic mass is 9.91. The van der Waals surface area contributed by atoms with Crippen LogP contribution in [0.15, 0.2) is 48.5 Å². The van der Waals surface area contributed by atoms with E-state index in [0.29, 0.717) is 25.8 Å². The number of carbonyl (C=O) groups excluding carboxylic acids is 2. The number of likely N-dealkylation sites (tertiary alicyclic amines) is 1. The van der Waals surface area contributed by atoms with E-state index in [9.17, 15) is 19.5 Å². The van der Waals surface area contributed by atoms with E-state index in [1.54, 1.807) is 0 Å². The summed E-state index contributed by atoms with van der Waals surface area (Å²) < 4.78 is 5.68. The monoisotopic (exact) mass is 476 g/mol. The van der Waals surface area contributed by atoms with E-state index in [0.717, 1.165) is 24.0 Å². The summed E-state index contributed by atoms with van der Waals surface area (Å²) in [6.45, 7) is 2.71. The third-order valence-corrected chi connectivity index (χ3v) is 7.87. The van der Waals surface area contributed by atoms with E-state index in [1.807, 2.05) is 31.2 Å². The molecule has 1 saturated heterocycles. The first-order chi connectivity index (χ1) is 16.9. The number of amides is 2. The molecule has 2 N–H and O–H groups in total. The molecule has 3 aliphatic rings. The van der Waals surface area contributed by atoms with Crippen molar-refractivity contribution in [1.29, 1.82) is 0 Å². The van der Waals surface area contributed by atoms with Crippen LogP contribution in [0.1, 0.15) is 56.1 Å². The van der Waals surface area contributed by atoms with Crippen molar-refractivity contribution in [1.82, 2.24) is 10.2 Å². The molecule has 2 unspecified atom stereocenters. The van der Waals surface area contributed by atoms with Crippen LogP contribution in [-0.4, -0.2) is 53.2 Å². The second-order valence-electron chi connectivity index (χ2n) is 10.1. The maximum absolute atomic E-state index is 13.4. The number of hydrogen-bond donors (Lipinski definition) is 2. The zero-order chi connectivity index (χ0) is 24.5. The fourth-order valence-electron chi connectivity index (χ4n) is 6.09. The Morgan fingerprint density at radius 2 is 1.63 bits per heavy atom. The van der Waals surface area contributed by atoms with E-state index in [1.165, 1.54) is 16.0 Å². The second kappa shape index (κ2) is 9.72. The van der Waals surface area contributed by atoms with Crippen LogP contribution < -0.4 is 5.32 Å². The molecule has 5 rings (SSSR count). The molecule has 2 amide bonds. The van der Waals surface area contributed by atoms with E-state index in [4.69, 9.17) is 4.74 Å². The molecule has 7 nitrogen and oxygen atoms in total. The minimum Gasteiger partial charge on any atom is -0.480 e. The van der Waals surface area contributed by atoms with Gasteiger partial charge in [0.05, 0.1) is 5.92 Å². The van der Waals surface area contributed by atoms with Gasteiger partial charge in [-0.3, -0.25) is 4.79 Å². The minimum atomic E-state index is -0.954. The number of carboxylic acids is 1. The van der Waals surface area contributed by atoms with Gasteiger partial charge in [0.25, 0.3) is 0 Å². The van der Waals surface area contributed by atoms with Crippen LogP contribution in [0.5, 0.6) is 0 Å². The van der Waals surface area contributed by atoms with Crippen LogP contribution in [0.3, 0.4) is 0 Å². The summed E-state index contributed by atoms with van der Waals surface area (Å²) in [6.07, 6.45) is 2.88. The van der Waals surface area contributed by atoms with Crippen LogP contribution in [0.4, 0.5) is 4.79 Å².